The van der Waals surface area contributed by atoms with Crippen molar-refractivity contribution in [2.45, 2.75) is 39.2 Å². The van der Waals surface area contributed by atoms with Gasteiger partial charge in [0.25, 0.3) is 0 Å². The Morgan fingerprint density at radius 1 is 1.18 bits per heavy atom. The summed E-state index contributed by atoms with van der Waals surface area (Å²) in [6.45, 7) is 5.31. The molecule has 1 aliphatic heterocycles. The topological polar surface area (TPSA) is 142 Å². The first-order valence-corrected chi connectivity index (χ1v) is 11.7. The summed E-state index contributed by atoms with van der Waals surface area (Å²) in [5.74, 6) is 0.332. The van der Waals surface area contributed by atoms with E-state index in [2.05, 4.69) is 20.1 Å². The zero-order valence-electron chi connectivity index (χ0n) is 18.9. The quantitative estimate of drug-likeness (QED) is 0.289. The molecule has 0 saturated heterocycles. The van der Waals surface area contributed by atoms with Gasteiger partial charge in [0.2, 0.25) is 5.91 Å². The standard InChI is InChI=1S/C22H25N3O8S/c1-15(26)24-16-6-8-17(9-7-16)32-34(28,29)33-23-12-4-5-13-30-18-10-11-19-20(14-18)25-21(27)31-22(19,2)3/h6-12,14H,4-5,13H2,1-3H3,(H,24,26)(H,25,27). The van der Waals surface area contributed by atoms with Crippen LogP contribution in [0.3, 0.4) is 0 Å². The second-order valence-electron chi connectivity index (χ2n) is 7.78. The number of carbonyl (C=O) groups excluding carboxylic acids is 2. The van der Waals surface area contributed by atoms with Crippen LogP contribution in [0.15, 0.2) is 47.6 Å². The van der Waals surface area contributed by atoms with Crippen molar-refractivity contribution in [2.75, 3.05) is 17.2 Å². The van der Waals surface area contributed by atoms with Gasteiger partial charge < -0.3 is 19.0 Å². The minimum Gasteiger partial charge on any atom is -0.494 e. The maximum atomic E-state index is 11.8. The molecule has 182 valence electrons. The molecule has 2 N–H and O–H groups in total. The number of nitrogens with zero attached hydrogens (tertiary/aromatic N) is 1. The van der Waals surface area contributed by atoms with Gasteiger partial charge in [0.15, 0.2) is 0 Å². The van der Waals surface area contributed by atoms with E-state index in [0.717, 1.165) is 5.56 Å². The van der Waals surface area contributed by atoms with Gasteiger partial charge >= 0.3 is 16.5 Å². The number of hydrogen-bond donors (Lipinski definition) is 2. The SMILES string of the molecule is CC(=O)Nc1ccc(OS(=O)(=O)ON=CCCCOc2ccc3c(c2)NC(=O)OC3(C)C)cc1. The van der Waals surface area contributed by atoms with Gasteiger partial charge in [-0.2, -0.15) is 0 Å². The Labute approximate surface area is 197 Å². The monoisotopic (exact) mass is 491 g/mol. The first-order valence-electron chi connectivity index (χ1n) is 10.3. The first kappa shape index (κ1) is 24.8. The summed E-state index contributed by atoms with van der Waals surface area (Å²) in [6.07, 6.45) is 1.70. The lowest BCUT2D eigenvalue weighted by Crippen LogP contribution is -2.34. The zero-order valence-corrected chi connectivity index (χ0v) is 19.7. The molecule has 2 aromatic rings. The molecule has 0 radical (unpaired) electrons. The second-order valence-corrected chi connectivity index (χ2v) is 8.91. The predicted molar refractivity (Wildman–Crippen MR) is 124 cm³/mol. The summed E-state index contributed by atoms with van der Waals surface area (Å²) in [5, 5.41) is 8.61. The molecule has 0 atom stereocenters. The summed E-state index contributed by atoms with van der Waals surface area (Å²) >= 11 is 0. The van der Waals surface area contributed by atoms with Gasteiger partial charge in [-0.1, -0.05) is 5.16 Å². The molecule has 2 aromatic carbocycles. The van der Waals surface area contributed by atoms with E-state index in [4.69, 9.17) is 13.7 Å². The van der Waals surface area contributed by atoms with Crippen LogP contribution < -0.4 is 19.6 Å². The number of cyclic esters (lactones) is 1. The maximum Gasteiger partial charge on any atom is 0.521 e. The molecule has 34 heavy (non-hydrogen) atoms. The van der Waals surface area contributed by atoms with E-state index in [-0.39, 0.29) is 11.7 Å². The Kier molecular flexibility index (Phi) is 7.61. The predicted octanol–water partition coefficient (Wildman–Crippen LogP) is 3.93. The smallest absolute Gasteiger partial charge is 0.494 e. The molecule has 0 unspecified atom stereocenters. The molecule has 3 rings (SSSR count). The Morgan fingerprint density at radius 2 is 1.88 bits per heavy atom. The van der Waals surface area contributed by atoms with Crippen molar-refractivity contribution in [3.8, 4) is 11.5 Å². The van der Waals surface area contributed by atoms with Crippen molar-refractivity contribution < 1.29 is 35.9 Å². The molecular weight excluding hydrogens is 466 g/mol. The number of carbonyl (C=O) groups is 2. The van der Waals surface area contributed by atoms with E-state index in [1.165, 1.54) is 37.4 Å². The number of oxime groups is 1. The summed E-state index contributed by atoms with van der Waals surface area (Å²) in [7, 11) is -4.39. The lowest BCUT2D eigenvalue weighted by molar-refractivity contribution is -0.114. The Hall–Kier alpha value is -3.80. The van der Waals surface area contributed by atoms with Gasteiger partial charge in [0.05, 0.1) is 12.3 Å². The summed E-state index contributed by atoms with van der Waals surface area (Å²) in [4.78, 5) is 22.7. The molecule has 0 bridgehead atoms. The van der Waals surface area contributed by atoms with Crippen LogP contribution in [0, 0.1) is 0 Å². The lowest BCUT2D eigenvalue weighted by Gasteiger charge is -2.32. The third kappa shape index (κ3) is 7.10. The van der Waals surface area contributed by atoms with Gasteiger partial charge in [0.1, 0.15) is 17.1 Å². The third-order valence-corrected chi connectivity index (χ3v) is 5.22. The summed E-state index contributed by atoms with van der Waals surface area (Å²) in [5.41, 5.74) is 1.24. The summed E-state index contributed by atoms with van der Waals surface area (Å²) in [6, 6.07) is 11.0. The Balaban J connectivity index is 1.40. The van der Waals surface area contributed by atoms with Crippen LogP contribution >= 0.6 is 0 Å². The molecule has 2 amide bonds. The average Bonchev–Trinajstić information content (AvgIpc) is 2.73. The van der Waals surface area contributed by atoms with Crippen LogP contribution in [0.4, 0.5) is 16.2 Å². The molecule has 0 aliphatic carbocycles. The van der Waals surface area contributed by atoms with Crippen LogP contribution in [0.1, 0.15) is 39.2 Å². The average molecular weight is 492 g/mol. The number of anilines is 2. The van der Waals surface area contributed by atoms with Gasteiger partial charge in [-0.05, 0) is 63.1 Å². The minimum atomic E-state index is -4.39. The van der Waals surface area contributed by atoms with Crippen molar-refractivity contribution in [2.24, 2.45) is 5.16 Å². The number of hydrogen-bond acceptors (Lipinski definition) is 9. The highest BCUT2D eigenvalue weighted by Gasteiger charge is 2.33. The van der Waals surface area contributed by atoms with E-state index in [0.29, 0.717) is 36.6 Å². The molecule has 0 spiro atoms. The highest BCUT2D eigenvalue weighted by atomic mass is 32.3. The number of amides is 2. The molecule has 1 heterocycles. The second kappa shape index (κ2) is 10.4. The van der Waals surface area contributed by atoms with E-state index in [1.807, 2.05) is 19.9 Å². The first-order chi connectivity index (χ1) is 16.0. The molecule has 11 nitrogen and oxygen atoms in total. The fourth-order valence-corrected chi connectivity index (χ4v) is 3.64. The highest BCUT2D eigenvalue weighted by Crippen LogP contribution is 2.37. The zero-order chi connectivity index (χ0) is 24.8. The van der Waals surface area contributed by atoms with Crippen molar-refractivity contribution in [1.29, 1.82) is 0 Å². The fourth-order valence-electron chi connectivity index (χ4n) is 3.09. The van der Waals surface area contributed by atoms with E-state index >= 15 is 0 Å². The van der Waals surface area contributed by atoms with E-state index in [9.17, 15) is 18.0 Å². The van der Waals surface area contributed by atoms with Crippen LogP contribution in [0.2, 0.25) is 0 Å². The van der Waals surface area contributed by atoms with Gasteiger partial charge in [-0.25, -0.2) is 9.08 Å². The molecule has 0 fully saturated rings. The van der Waals surface area contributed by atoms with Crippen LogP contribution in [0.5, 0.6) is 11.5 Å². The molecule has 0 aromatic heterocycles. The number of ether oxygens (including phenoxy) is 2. The number of fused-ring (bicyclic) bond motifs is 1. The number of unbranched alkanes of at least 4 members (excludes halogenated alkanes) is 1. The Bertz CT molecular complexity index is 1180. The van der Waals surface area contributed by atoms with Crippen LogP contribution in [-0.2, 0) is 29.8 Å². The van der Waals surface area contributed by atoms with Crippen LogP contribution in [-0.4, -0.2) is 33.2 Å². The fraction of sp³-hybridized carbons (Fsp3) is 0.318. The Morgan fingerprint density at radius 3 is 2.59 bits per heavy atom. The van der Waals surface area contributed by atoms with E-state index < -0.39 is 22.1 Å². The van der Waals surface area contributed by atoms with Crippen molar-refractivity contribution in [3.05, 3.63) is 48.0 Å². The van der Waals surface area contributed by atoms with Crippen LogP contribution in [0.25, 0.3) is 0 Å². The number of rotatable bonds is 10. The molecular formula is C22H25N3O8S. The molecule has 0 saturated carbocycles. The number of nitrogens with one attached hydrogen (secondary N) is 2. The minimum absolute atomic E-state index is 0.00823. The largest absolute Gasteiger partial charge is 0.521 e. The number of benzene rings is 2. The highest BCUT2D eigenvalue weighted by molar-refractivity contribution is 7.82. The molecule has 1 aliphatic rings. The van der Waals surface area contributed by atoms with Crippen molar-refractivity contribution >= 4 is 40.0 Å². The summed E-state index contributed by atoms with van der Waals surface area (Å²) < 4.78 is 43.8. The van der Waals surface area contributed by atoms with E-state index in [1.54, 1.807) is 12.1 Å². The lowest BCUT2D eigenvalue weighted by atomic mass is 9.95. The third-order valence-electron chi connectivity index (χ3n) is 4.55. The normalized spacial score (nSPS) is 14.5. The maximum absolute atomic E-state index is 11.8. The van der Waals surface area contributed by atoms with Gasteiger partial charge in [-0.15, -0.1) is 8.42 Å². The molecule has 12 heteroatoms. The van der Waals surface area contributed by atoms with Gasteiger partial charge in [0, 0.05) is 30.5 Å². The van der Waals surface area contributed by atoms with Crippen molar-refractivity contribution in [3.63, 3.8) is 0 Å². The van der Waals surface area contributed by atoms with Crippen molar-refractivity contribution in [1.82, 2.24) is 0 Å². The van der Waals surface area contributed by atoms with Gasteiger partial charge in [-0.3, -0.25) is 10.1 Å².